The number of isothiocyanates is 1. The molecule has 7 aromatic rings. The molecule has 21 heteroatoms. The Morgan fingerprint density at radius 2 is 1.03 bits per heavy atom. The Morgan fingerprint density at radius 3 is 1.46 bits per heavy atom. The average molecular weight is 1080 g/mol. The number of anilines is 3. The zero-order valence-corrected chi connectivity index (χ0v) is 40.7. The molecule has 368 valence electrons. The number of carbonyl (C=O) groups excluding carboxylic acids is 3. The minimum Gasteiger partial charge on any atom is -0.753 e. The molecule has 0 fully saturated rings. The molecular weight excluding hydrogens is 1030 g/mol. The molecule has 0 saturated carbocycles. The average Bonchev–Trinajstić information content (AvgIpc) is 3.89. The minimum atomic E-state index is -4.57. The van der Waals surface area contributed by atoms with E-state index in [1.54, 1.807) is 18.3 Å². The van der Waals surface area contributed by atoms with E-state index in [0.717, 1.165) is 67.5 Å². The van der Waals surface area contributed by atoms with Gasteiger partial charge in [-0.2, -0.15) is 18.3 Å². The van der Waals surface area contributed by atoms with E-state index >= 15 is 0 Å². The summed E-state index contributed by atoms with van der Waals surface area (Å²) in [7, 11) is 0. The number of pyridine rings is 4. The fourth-order valence-electron chi connectivity index (χ4n) is 6.42. The molecule has 0 saturated heterocycles. The van der Waals surface area contributed by atoms with Crippen LogP contribution in [-0.2, 0) is 40.0 Å². The van der Waals surface area contributed by atoms with Gasteiger partial charge in [0.05, 0.1) is 41.7 Å². The molecule has 7 rings (SSSR count). The molecule has 0 bridgehead atoms. The third-order valence-corrected chi connectivity index (χ3v) is 9.66. The topological polar surface area (TPSA) is 201 Å². The second-order valence-corrected chi connectivity index (χ2v) is 14.7. The first-order valence-corrected chi connectivity index (χ1v) is 22.0. The van der Waals surface area contributed by atoms with Crippen LogP contribution in [0.5, 0.6) is 28.7 Å². The fraction of sp³-hybridized carbons (Fsp3) is 0.220. The summed E-state index contributed by atoms with van der Waals surface area (Å²) in [4.78, 5) is 50.9. The summed E-state index contributed by atoms with van der Waals surface area (Å²) in [6.07, 6.45) is 6.35. The molecule has 0 aliphatic heterocycles. The maximum Gasteiger partial charge on any atom is 2.00 e. The molecule has 0 spiro atoms. The first kappa shape index (κ1) is 55.9. The van der Waals surface area contributed by atoms with Crippen molar-refractivity contribution in [3.8, 4) is 62.9 Å². The number of ether oxygens (including phenoxy) is 5. The number of carbonyl (C=O) groups is 3. The van der Waals surface area contributed by atoms with E-state index in [4.69, 9.17) is 29.1 Å². The van der Waals surface area contributed by atoms with Crippen LogP contribution >= 0.6 is 12.2 Å². The monoisotopic (exact) mass is 1080 g/mol. The Balaban J connectivity index is 0.000000307. The van der Waals surface area contributed by atoms with Crippen LogP contribution in [0.25, 0.3) is 39.6 Å². The van der Waals surface area contributed by atoms with Crippen molar-refractivity contribution in [3.05, 3.63) is 133 Å². The maximum atomic E-state index is 13.1. The molecule has 71 heavy (non-hydrogen) atoms. The zero-order chi connectivity index (χ0) is 50.1. The van der Waals surface area contributed by atoms with Gasteiger partial charge in [-0.25, -0.2) is 4.98 Å². The van der Waals surface area contributed by atoms with Gasteiger partial charge in [-0.3, -0.25) is 29.3 Å². The quantitative estimate of drug-likeness (QED) is 0.0204. The summed E-state index contributed by atoms with van der Waals surface area (Å²) < 4.78 is 65.6. The van der Waals surface area contributed by atoms with E-state index in [2.05, 4.69) is 56.2 Å². The molecule has 0 N–H and O–H groups in total. The van der Waals surface area contributed by atoms with Crippen molar-refractivity contribution < 1.29 is 70.7 Å². The summed E-state index contributed by atoms with van der Waals surface area (Å²) in [5.41, 5.74) is 3.16. The van der Waals surface area contributed by atoms with Crippen LogP contribution in [0.15, 0.2) is 122 Å². The third kappa shape index (κ3) is 17.3. The van der Waals surface area contributed by atoms with Crippen molar-refractivity contribution in [2.24, 2.45) is 0 Å². The van der Waals surface area contributed by atoms with Gasteiger partial charge in [-0.1, -0.05) is 57.4 Å². The van der Waals surface area contributed by atoms with Crippen LogP contribution in [0.1, 0.15) is 58.1 Å². The fourth-order valence-corrected chi connectivity index (χ4v) is 6.42. The van der Waals surface area contributed by atoms with Gasteiger partial charge in [0.1, 0.15) is 34.4 Å². The van der Waals surface area contributed by atoms with Gasteiger partial charge in [0.2, 0.25) is 0 Å². The van der Waals surface area contributed by atoms with Gasteiger partial charge in [0.25, 0.3) is 19.4 Å². The standard InChI is InChI=1S/C31H34F3N4O2.C18H11N3O6.CNS.Ru/c1-3-5-7-19-39-26-13-9-23(10-14-26)38(24-11-15-27(16-12-24)40-20-8-6-4-2)25-17-18-35-28(21-25)29-22-30(37-36-29)31(32,33)34;22-9-25-12-1-3-19-15(5-12)17-7-14(27-11-24)8-18(21-17)16-6-13(26-10-23)2-4-20-16;2-1-3;/h9-18,21-22H,3-8,19-20H2,1-2H3;1-11H;;/q-1;;-1;+2. The number of nitrogens with zero attached hydrogens (tertiary/aromatic N) is 8. The maximum absolute atomic E-state index is 13.1. The molecule has 5 aromatic heterocycles. The number of unbranched alkanes of at least 4 members (excludes halogenated alkanes) is 4. The Morgan fingerprint density at radius 1 is 0.592 bits per heavy atom. The number of thiocarbonyl (C=S) groups is 1. The van der Waals surface area contributed by atoms with E-state index in [1.165, 1.54) is 54.0 Å². The number of aromatic nitrogens is 6. The van der Waals surface area contributed by atoms with E-state index < -0.39 is 11.9 Å². The molecule has 0 unspecified atom stereocenters. The van der Waals surface area contributed by atoms with Crippen molar-refractivity contribution >= 4 is 53.9 Å². The van der Waals surface area contributed by atoms with Crippen molar-refractivity contribution in [1.82, 2.24) is 30.1 Å². The Labute approximate surface area is 425 Å². The number of alkyl halides is 3. The van der Waals surface area contributed by atoms with Gasteiger partial charge in [-0.05, 0) is 91.7 Å². The van der Waals surface area contributed by atoms with Crippen LogP contribution in [0.2, 0.25) is 0 Å². The molecule has 0 aliphatic rings. The van der Waals surface area contributed by atoms with Gasteiger partial charge in [0.15, 0.2) is 0 Å². The molecule has 0 amide bonds. The molecule has 5 heterocycles. The molecular formula is C50H45F3N8O8RuS. The normalized spacial score (nSPS) is 10.3. The molecule has 16 nitrogen and oxygen atoms in total. The Hall–Kier alpha value is -7.73. The van der Waals surface area contributed by atoms with Crippen LogP contribution in [0, 0.1) is 0 Å². The predicted octanol–water partition coefficient (Wildman–Crippen LogP) is 11.2. The summed E-state index contributed by atoms with van der Waals surface area (Å²) in [6, 6.07) is 28.9. The van der Waals surface area contributed by atoms with Crippen molar-refractivity contribution in [1.29, 1.82) is 0 Å². The summed E-state index contributed by atoms with van der Waals surface area (Å²) in [6.45, 7) is 6.49. The van der Waals surface area contributed by atoms with Crippen molar-refractivity contribution in [3.63, 3.8) is 0 Å². The van der Waals surface area contributed by atoms with E-state index in [1.807, 2.05) is 53.4 Å². The number of halogens is 3. The zero-order valence-electron chi connectivity index (χ0n) is 38.2. The van der Waals surface area contributed by atoms with E-state index in [0.29, 0.717) is 54.6 Å². The first-order valence-electron chi connectivity index (χ1n) is 21.6. The van der Waals surface area contributed by atoms with Crippen molar-refractivity contribution in [2.45, 2.75) is 58.5 Å². The number of hydrogen-bond acceptors (Lipinski definition) is 15. The number of benzene rings is 2. The predicted molar refractivity (Wildman–Crippen MR) is 257 cm³/mol. The van der Waals surface area contributed by atoms with E-state index in [-0.39, 0.29) is 54.6 Å². The van der Waals surface area contributed by atoms with Gasteiger partial charge in [0, 0.05) is 59.9 Å². The minimum absolute atomic E-state index is 0. The van der Waals surface area contributed by atoms with Crippen LogP contribution in [-0.4, -0.2) is 62.8 Å². The van der Waals surface area contributed by atoms with Gasteiger partial charge >= 0.3 is 25.7 Å². The molecule has 2 aromatic carbocycles. The largest absolute Gasteiger partial charge is 2.00 e. The molecule has 0 aliphatic carbocycles. The summed E-state index contributed by atoms with van der Waals surface area (Å²) in [5, 5.41) is 15.5. The van der Waals surface area contributed by atoms with Crippen LogP contribution in [0.4, 0.5) is 30.2 Å². The van der Waals surface area contributed by atoms with Gasteiger partial charge in [-0.15, -0.1) is 0 Å². The van der Waals surface area contributed by atoms with Crippen LogP contribution < -0.4 is 33.7 Å². The second kappa shape index (κ2) is 29.3. The number of rotatable bonds is 22. The second-order valence-electron chi connectivity index (χ2n) is 14.5. The molecule has 0 radical (unpaired) electrons. The van der Waals surface area contributed by atoms with Crippen LogP contribution in [0.3, 0.4) is 0 Å². The Kier molecular flexibility index (Phi) is 23.1. The number of hydrogen-bond donors (Lipinski definition) is 0. The first-order chi connectivity index (χ1) is 34.0. The van der Waals surface area contributed by atoms with Gasteiger partial charge < -0.3 is 44.2 Å². The molecule has 0 atom stereocenters. The SMILES string of the molecule is CCCCCOc1ccc(N(c2ccc(OCCCCC)cc2)c2ccnc(-c3cc(C(F)(F)F)n[n-]3)c2)cc1.O=COc1ccnc(-c2cc(OC=O)cc(-c3cc(OC=O)ccn3)n2)c1.[N-]=C=S.[Ru+2]. The van der Waals surface area contributed by atoms with E-state index in [9.17, 15) is 27.6 Å². The third-order valence-electron chi connectivity index (χ3n) is 9.66. The Bertz CT molecular complexity index is 2670. The van der Waals surface area contributed by atoms with Crippen molar-refractivity contribution in [2.75, 3.05) is 18.1 Å². The summed E-state index contributed by atoms with van der Waals surface area (Å²) >= 11 is 3.70. The smallest absolute Gasteiger partial charge is 0.753 e. The summed E-state index contributed by atoms with van der Waals surface area (Å²) in [5.74, 6) is 2.31.